The van der Waals surface area contributed by atoms with Gasteiger partial charge in [0.2, 0.25) is 6.20 Å². The molecule has 0 saturated carbocycles. The van der Waals surface area contributed by atoms with Gasteiger partial charge in [-0.1, -0.05) is 5.16 Å². The highest BCUT2D eigenvalue weighted by Crippen LogP contribution is 2.22. The number of pyridine rings is 1. The van der Waals surface area contributed by atoms with Crippen molar-refractivity contribution in [3.63, 3.8) is 0 Å². The normalized spacial score (nSPS) is 16.8. The van der Waals surface area contributed by atoms with Crippen LogP contribution in [0.2, 0.25) is 0 Å². The lowest BCUT2D eigenvalue weighted by atomic mass is 10.2. The highest BCUT2D eigenvalue weighted by atomic mass is 16.6. The molecule has 1 aromatic heterocycles. The van der Waals surface area contributed by atoms with E-state index in [-0.39, 0.29) is 0 Å². The number of hydrogen-bond acceptors (Lipinski definition) is 4. The molecule has 0 bridgehead atoms. The minimum atomic E-state index is 0.354. The lowest BCUT2D eigenvalue weighted by molar-refractivity contribution is -0.605. The third-order valence-electron chi connectivity index (χ3n) is 1.77. The topological polar surface area (TPSA) is 57.8 Å². The number of rotatable bonds is 1. The molecule has 0 N–H and O–H groups in total. The molecular weight excluding hydrogens is 172 g/mol. The van der Waals surface area contributed by atoms with Gasteiger partial charge in [-0.15, -0.1) is 0 Å². The Morgan fingerprint density at radius 1 is 1.69 bits per heavy atom. The van der Waals surface area contributed by atoms with Gasteiger partial charge in [0.25, 0.3) is 0 Å². The van der Waals surface area contributed by atoms with E-state index in [4.69, 9.17) is 4.74 Å². The third kappa shape index (κ3) is 1.28. The second kappa shape index (κ2) is 2.93. The molecule has 5 nitrogen and oxygen atoms in total. The lowest BCUT2D eigenvalue weighted by Gasteiger charge is -1.97. The Morgan fingerprint density at radius 2 is 2.54 bits per heavy atom. The maximum atomic E-state index is 10.9. The molecule has 0 spiro atoms. The van der Waals surface area contributed by atoms with Crippen LogP contribution in [0.5, 0.6) is 5.75 Å². The van der Waals surface area contributed by atoms with Crippen LogP contribution in [0.15, 0.2) is 23.6 Å². The summed E-state index contributed by atoms with van der Waals surface area (Å²) >= 11 is 0. The molecule has 0 unspecified atom stereocenters. The number of aromatic nitrogens is 1. The Morgan fingerprint density at radius 3 is 3.31 bits per heavy atom. The van der Waals surface area contributed by atoms with Gasteiger partial charge in [0, 0.05) is 6.07 Å². The summed E-state index contributed by atoms with van der Waals surface area (Å²) in [6.45, 7) is 0.354. The monoisotopic (exact) mass is 180 g/mol. The summed E-state index contributed by atoms with van der Waals surface area (Å²) in [5, 5.41) is 14.6. The van der Waals surface area contributed by atoms with Gasteiger partial charge in [0.05, 0.1) is 5.56 Å². The van der Waals surface area contributed by atoms with E-state index in [1.54, 1.807) is 6.07 Å². The second-order valence-corrected chi connectivity index (χ2v) is 2.59. The molecule has 0 fully saturated rings. The molecule has 1 aliphatic heterocycles. The van der Waals surface area contributed by atoms with Crippen LogP contribution >= 0.6 is 0 Å². The van der Waals surface area contributed by atoms with Crippen molar-refractivity contribution in [2.75, 3.05) is 13.7 Å². The molecule has 0 radical (unpaired) electrons. The maximum absolute atomic E-state index is 10.9. The highest BCUT2D eigenvalue weighted by Gasteiger charge is 2.22. The van der Waals surface area contributed by atoms with Gasteiger partial charge in [-0.05, 0) is 0 Å². The number of oxime groups is 1. The smallest absolute Gasteiger partial charge is 0.223 e. The summed E-state index contributed by atoms with van der Waals surface area (Å²) in [5.41, 5.74) is 1.52. The molecule has 0 amide bonds. The van der Waals surface area contributed by atoms with Gasteiger partial charge < -0.3 is 14.8 Å². The fourth-order valence-corrected chi connectivity index (χ4v) is 1.22. The summed E-state index contributed by atoms with van der Waals surface area (Å²) in [6.07, 6.45) is 2.77. The van der Waals surface area contributed by atoms with Gasteiger partial charge >= 0.3 is 0 Å². The SMILES string of the molecule is CO/N=C1/COc2c[n+]([O-])ccc21. The minimum Gasteiger partial charge on any atom is -0.619 e. The van der Waals surface area contributed by atoms with E-state index in [2.05, 4.69) is 9.99 Å². The van der Waals surface area contributed by atoms with Crippen LogP contribution in [0.1, 0.15) is 5.56 Å². The molecule has 0 saturated heterocycles. The van der Waals surface area contributed by atoms with E-state index >= 15 is 0 Å². The van der Waals surface area contributed by atoms with Crippen molar-refractivity contribution in [1.82, 2.24) is 0 Å². The number of fused-ring (bicyclic) bond motifs is 1. The molecule has 0 aliphatic carbocycles. The standard InChI is InChI=1S/C8H8N2O3/c1-12-9-7-5-13-8-4-10(11)3-2-6(7)8/h2-4H,5H2,1H3/b9-7-. The van der Waals surface area contributed by atoms with Crippen molar-refractivity contribution in [3.8, 4) is 5.75 Å². The fraction of sp³-hybridized carbons (Fsp3) is 0.250. The first kappa shape index (κ1) is 7.85. The Hall–Kier alpha value is -1.78. The summed E-state index contributed by atoms with van der Waals surface area (Å²) in [6, 6.07) is 1.66. The first-order valence-corrected chi connectivity index (χ1v) is 3.77. The Bertz CT molecular complexity index is 362. The van der Waals surface area contributed by atoms with Crippen molar-refractivity contribution in [2.45, 2.75) is 0 Å². The predicted octanol–water partition coefficient (Wildman–Crippen LogP) is 0.0629. The zero-order valence-electron chi connectivity index (χ0n) is 7.06. The van der Waals surface area contributed by atoms with E-state index in [0.29, 0.717) is 22.8 Å². The average molecular weight is 180 g/mol. The maximum Gasteiger partial charge on any atom is 0.223 e. The summed E-state index contributed by atoms with van der Waals surface area (Å²) in [7, 11) is 1.47. The van der Waals surface area contributed by atoms with Crippen molar-refractivity contribution < 1.29 is 14.3 Å². The zero-order valence-corrected chi connectivity index (χ0v) is 7.06. The van der Waals surface area contributed by atoms with Crippen LogP contribution in [0.4, 0.5) is 0 Å². The Labute approximate surface area is 74.8 Å². The summed E-state index contributed by atoms with van der Waals surface area (Å²) < 4.78 is 5.90. The van der Waals surface area contributed by atoms with E-state index in [9.17, 15) is 5.21 Å². The van der Waals surface area contributed by atoms with Crippen LogP contribution in [0, 0.1) is 5.21 Å². The van der Waals surface area contributed by atoms with E-state index in [1.807, 2.05) is 0 Å². The average Bonchev–Trinajstić information content (AvgIpc) is 2.49. The van der Waals surface area contributed by atoms with Gasteiger partial charge in [-0.3, -0.25) is 0 Å². The van der Waals surface area contributed by atoms with Crippen molar-refractivity contribution in [1.29, 1.82) is 0 Å². The largest absolute Gasteiger partial charge is 0.619 e. The lowest BCUT2D eigenvalue weighted by Crippen LogP contribution is -2.24. The number of ether oxygens (including phenoxy) is 1. The molecule has 0 atom stereocenters. The minimum absolute atomic E-state index is 0.354. The first-order chi connectivity index (χ1) is 6.31. The van der Waals surface area contributed by atoms with E-state index in [1.165, 1.54) is 19.5 Å². The molecule has 1 aromatic rings. The van der Waals surface area contributed by atoms with Crippen molar-refractivity contribution >= 4 is 5.71 Å². The predicted molar refractivity (Wildman–Crippen MR) is 44.4 cm³/mol. The van der Waals surface area contributed by atoms with Crippen LogP contribution in [0.3, 0.4) is 0 Å². The van der Waals surface area contributed by atoms with Crippen LogP contribution in [0.25, 0.3) is 0 Å². The summed E-state index contributed by atoms with van der Waals surface area (Å²) in [5.74, 6) is 0.549. The van der Waals surface area contributed by atoms with Gasteiger partial charge in [-0.2, -0.15) is 4.73 Å². The molecule has 0 aromatic carbocycles. The fourth-order valence-electron chi connectivity index (χ4n) is 1.22. The molecular formula is C8H8N2O3. The van der Waals surface area contributed by atoms with Crippen LogP contribution in [-0.4, -0.2) is 19.4 Å². The molecule has 5 heteroatoms. The van der Waals surface area contributed by atoms with Crippen LogP contribution in [-0.2, 0) is 4.84 Å². The molecule has 2 rings (SSSR count). The third-order valence-corrected chi connectivity index (χ3v) is 1.77. The highest BCUT2D eigenvalue weighted by molar-refractivity contribution is 6.05. The van der Waals surface area contributed by atoms with Gasteiger partial charge in [0.1, 0.15) is 19.4 Å². The molecule has 1 aliphatic rings. The quantitative estimate of drug-likeness (QED) is 0.349. The summed E-state index contributed by atoms with van der Waals surface area (Å²) in [4.78, 5) is 4.64. The van der Waals surface area contributed by atoms with Gasteiger partial charge in [-0.25, -0.2) is 0 Å². The van der Waals surface area contributed by atoms with Gasteiger partial charge in [0.15, 0.2) is 11.9 Å². The molecule has 13 heavy (non-hydrogen) atoms. The van der Waals surface area contributed by atoms with E-state index in [0.717, 1.165) is 5.56 Å². The van der Waals surface area contributed by atoms with Crippen molar-refractivity contribution in [3.05, 3.63) is 29.2 Å². The second-order valence-electron chi connectivity index (χ2n) is 2.59. The molecule has 68 valence electrons. The first-order valence-electron chi connectivity index (χ1n) is 3.77. The zero-order chi connectivity index (χ0) is 9.26. The molecule has 2 heterocycles. The van der Waals surface area contributed by atoms with Crippen LogP contribution < -0.4 is 9.47 Å². The Kier molecular flexibility index (Phi) is 1.77. The van der Waals surface area contributed by atoms with Crippen molar-refractivity contribution in [2.24, 2.45) is 5.16 Å². The number of hydrogen-bond donors (Lipinski definition) is 0. The Balaban J connectivity index is 2.44. The number of nitrogens with zero attached hydrogens (tertiary/aromatic N) is 2. The van der Waals surface area contributed by atoms with E-state index < -0.39 is 0 Å².